The van der Waals surface area contributed by atoms with Gasteiger partial charge in [-0.2, -0.15) is 13.2 Å². The third kappa shape index (κ3) is 4.68. The Labute approximate surface area is 176 Å². The number of rotatable bonds is 6. The Morgan fingerprint density at radius 1 is 1.10 bits per heavy atom. The molecule has 0 fully saturated rings. The van der Waals surface area contributed by atoms with Crippen molar-refractivity contribution in [2.24, 2.45) is 0 Å². The summed E-state index contributed by atoms with van der Waals surface area (Å²) in [5.41, 5.74) is 0.0709. The lowest BCUT2D eigenvalue weighted by Gasteiger charge is -2.21. The number of hydrogen-bond donors (Lipinski definition) is 1. The molecule has 1 unspecified atom stereocenters. The minimum atomic E-state index is -4.70. The second-order valence-corrected chi connectivity index (χ2v) is 6.96. The third-order valence-corrected chi connectivity index (χ3v) is 4.91. The molecule has 2 aromatic carbocycles. The smallest absolute Gasteiger partial charge is 0.416 e. The lowest BCUT2D eigenvalue weighted by molar-refractivity contribution is -0.139. The van der Waals surface area contributed by atoms with Crippen LogP contribution < -0.4 is 9.47 Å². The Kier molecular flexibility index (Phi) is 6.53. The maximum Gasteiger partial charge on any atom is 0.416 e. The van der Waals surface area contributed by atoms with Crippen LogP contribution in [0.5, 0.6) is 11.5 Å². The molecule has 0 aliphatic carbocycles. The third-order valence-electron chi connectivity index (χ3n) is 4.60. The van der Waals surface area contributed by atoms with Crippen LogP contribution in [0.4, 0.5) is 13.2 Å². The fraction of sp³-hybridized carbons (Fsp3) is 0.227. The largest absolute Gasteiger partial charge is 0.493 e. The molecule has 0 aliphatic rings. The van der Waals surface area contributed by atoms with Crippen molar-refractivity contribution >= 4 is 11.6 Å². The molecule has 0 radical (unpaired) electrons. The number of aromatic nitrogens is 1. The molecule has 0 amide bonds. The van der Waals surface area contributed by atoms with E-state index in [1.165, 1.54) is 13.2 Å². The summed E-state index contributed by atoms with van der Waals surface area (Å²) in [5.74, 6) is 0.683. The van der Waals surface area contributed by atoms with E-state index < -0.39 is 28.6 Å². The summed E-state index contributed by atoms with van der Waals surface area (Å²) in [6.45, 7) is 1.87. The van der Waals surface area contributed by atoms with Crippen molar-refractivity contribution in [3.63, 3.8) is 0 Å². The minimum absolute atomic E-state index is 0.208. The summed E-state index contributed by atoms with van der Waals surface area (Å²) in [4.78, 5) is 3.71. The molecule has 1 atom stereocenters. The summed E-state index contributed by atoms with van der Waals surface area (Å²) in [7, 11) is 1.46. The molecule has 0 bridgehead atoms. The first-order valence-electron chi connectivity index (χ1n) is 8.97. The van der Waals surface area contributed by atoms with Gasteiger partial charge in [-0.1, -0.05) is 41.9 Å². The molecule has 158 valence electrons. The number of hydrogen-bond acceptors (Lipinski definition) is 4. The number of aryl methyl sites for hydroxylation is 1. The van der Waals surface area contributed by atoms with Crippen molar-refractivity contribution in [1.29, 1.82) is 0 Å². The summed E-state index contributed by atoms with van der Waals surface area (Å²) in [6, 6.07) is 13.2. The Morgan fingerprint density at radius 3 is 2.43 bits per heavy atom. The molecule has 4 nitrogen and oxygen atoms in total. The van der Waals surface area contributed by atoms with Gasteiger partial charge in [-0.15, -0.1) is 0 Å². The fourth-order valence-corrected chi connectivity index (χ4v) is 3.35. The van der Waals surface area contributed by atoms with Crippen LogP contribution in [0.1, 0.15) is 33.9 Å². The van der Waals surface area contributed by atoms with Gasteiger partial charge in [0.1, 0.15) is 17.9 Å². The van der Waals surface area contributed by atoms with E-state index in [2.05, 4.69) is 4.98 Å². The molecule has 3 aromatic rings. The fourth-order valence-electron chi connectivity index (χ4n) is 3.09. The summed E-state index contributed by atoms with van der Waals surface area (Å²) in [6.07, 6.45) is -5.40. The second kappa shape index (κ2) is 8.93. The maximum atomic E-state index is 13.5. The molecule has 0 aliphatic heterocycles. The van der Waals surface area contributed by atoms with Crippen LogP contribution in [0.2, 0.25) is 5.15 Å². The SMILES string of the molecule is COc1cc(C)c(C(O)c2c(C(F)(F)F)ccnc2Cl)cc1OCc1ccccc1. The number of alkyl halides is 3. The highest BCUT2D eigenvalue weighted by Gasteiger charge is 2.37. The van der Waals surface area contributed by atoms with E-state index in [0.29, 0.717) is 11.3 Å². The number of methoxy groups -OCH3 is 1. The highest BCUT2D eigenvalue weighted by Crippen LogP contribution is 2.42. The van der Waals surface area contributed by atoms with Crippen molar-refractivity contribution < 1.29 is 27.8 Å². The van der Waals surface area contributed by atoms with E-state index in [1.807, 2.05) is 30.3 Å². The topological polar surface area (TPSA) is 51.6 Å². The summed E-state index contributed by atoms with van der Waals surface area (Å²) < 4.78 is 51.6. The number of aliphatic hydroxyl groups excluding tert-OH is 1. The lowest BCUT2D eigenvalue weighted by Crippen LogP contribution is -2.15. The van der Waals surface area contributed by atoms with Crippen LogP contribution in [0, 0.1) is 6.92 Å². The zero-order valence-corrected chi connectivity index (χ0v) is 17.0. The molecule has 1 aromatic heterocycles. The van der Waals surface area contributed by atoms with Crippen molar-refractivity contribution in [3.8, 4) is 11.5 Å². The monoisotopic (exact) mass is 437 g/mol. The Hall–Kier alpha value is -2.77. The van der Waals surface area contributed by atoms with Gasteiger partial charge in [0, 0.05) is 11.8 Å². The highest BCUT2D eigenvalue weighted by atomic mass is 35.5. The molecule has 30 heavy (non-hydrogen) atoms. The van der Waals surface area contributed by atoms with Gasteiger partial charge in [0.05, 0.1) is 12.7 Å². The second-order valence-electron chi connectivity index (χ2n) is 6.60. The van der Waals surface area contributed by atoms with E-state index in [9.17, 15) is 18.3 Å². The number of aliphatic hydroxyl groups is 1. The predicted molar refractivity (Wildman–Crippen MR) is 107 cm³/mol. The van der Waals surface area contributed by atoms with Crippen molar-refractivity contribution in [2.75, 3.05) is 7.11 Å². The van der Waals surface area contributed by atoms with Gasteiger partial charge < -0.3 is 14.6 Å². The minimum Gasteiger partial charge on any atom is -0.493 e. The van der Waals surface area contributed by atoms with Crippen LogP contribution in [-0.4, -0.2) is 17.2 Å². The van der Waals surface area contributed by atoms with Crippen molar-refractivity contribution in [3.05, 3.63) is 87.7 Å². The number of halogens is 4. The van der Waals surface area contributed by atoms with Gasteiger partial charge in [0.15, 0.2) is 11.5 Å². The van der Waals surface area contributed by atoms with Gasteiger partial charge in [0.2, 0.25) is 0 Å². The zero-order chi connectivity index (χ0) is 21.9. The summed E-state index contributed by atoms with van der Waals surface area (Å²) in [5, 5.41) is 10.4. The molecule has 0 saturated carbocycles. The van der Waals surface area contributed by atoms with Crippen LogP contribution in [0.15, 0.2) is 54.7 Å². The van der Waals surface area contributed by atoms with Crippen LogP contribution in [-0.2, 0) is 12.8 Å². The van der Waals surface area contributed by atoms with E-state index in [1.54, 1.807) is 13.0 Å². The molecule has 1 heterocycles. The van der Waals surface area contributed by atoms with E-state index in [4.69, 9.17) is 21.1 Å². The average Bonchev–Trinajstić information content (AvgIpc) is 2.72. The molecule has 0 spiro atoms. The summed E-state index contributed by atoms with van der Waals surface area (Å²) >= 11 is 5.95. The number of pyridine rings is 1. The van der Waals surface area contributed by atoms with E-state index >= 15 is 0 Å². The predicted octanol–water partition coefficient (Wildman–Crippen LogP) is 5.73. The molecule has 0 saturated heterocycles. The van der Waals surface area contributed by atoms with Gasteiger partial charge in [0.25, 0.3) is 0 Å². The van der Waals surface area contributed by atoms with Crippen LogP contribution in [0.25, 0.3) is 0 Å². The number of nitrogens with zero attached hydrogens (tertiary/aromatic N) is 1. The first kappa shape index (κ1) is 21.9. The molecule has 3 rings (SSSR count). The average molecular weight is 438 g/mol. The zero-order valence-electron chi connectivity index (χ0n) is 16.2. The van der Waals surface area contributed by atoms with Crippen molar-refractivity contribution in [1.82, 2.24) is 4.98 Å². The molecule has 8 heteroatoms. The standard InChI is InChI=1S/C22H19ClF3NO3/c1-13-10-17(29-2)18(30-12-14-6-4-3-5-7-14)11-15(13)20(28)19-16(22(24,25)26)8-9-27-21(19)23/h3-11,20,28H,12H2,1-2H3. The normalized spacial score (nSPS) is 12.5. The Morgan fingerprint density at radius 2 is 1.80 bits per heavy atom. The van der Waals surface area contributed by atoms with Gasteiger partial charge in [-0.05, 0) is 41.8 Å². The van der Waals surface area contributed by atoms with Gasteiger partial charge >= 0.3 is 6.18 Å². The van der Waals surface area contributed by atoms with Crippen LogP contribution in [0.3, 0.4) is 0 Å². The van der Waals surface area contributed by atoms with Crippen molar-refractivity contribution in [2.45, 2.75) is 25.8 Å². The highest BCUT2D eigenvalue weighted by molar-refractivity contribution is 6.30. The number of ether oxygens (including phenoxy) is 2. The first-order valence-corrected chi connectivity index (χ1v) is 9.35. The molecular formula is C22H19ClF3NO3. The van der Waals surface area contributed by atoms with E-state index in [0.717, 1.165) is 17.8 Å². The quantitative estimate of drug-likeness (QED) is 0.500. The Bertz CT molecular complexity index is 1030. The number of benzene rings is 2. The van der Waals surface area contributed by atoms with E-state index in [-0.39, 0.29) is 17.9 Å². The van der Waals surface area contributed by atoms with Gasteiger partial charge in [-0.3, -0.25) is 0 Å². The maximum absolute atomic E-state index is 13.5. The lowest BCUT2D eigenvalue weighted by atomic mass is 9.94. The Balaban J connectivity index is 2.02. The molecular weight excluding hydrogens is 419 g/mol. The molecule has 1 N–H and O–H groups in total. The van der Waals surface area contributed by atoms with Crippen LogP contribution >= 0.6 is 11.6 Å². The first-order chi connectivity index (χ1) is 14.2. The van der Waals surface area contributed by atoms with Gasteiger partial charge in [-0.25, -0.2) is 4.98 Å².